The zero-order chi connectivity index (χ0) is 12.3. The summed E-state index contributed by atoms with van der Waals surface area (Å²) in [6, 6.07) is 20.8. The highest BCUT2D eigenvalue weighted by Crippen LogP contribution is 2.17. The van der Waals surface area contributed by atoms with Crippen molar-refractivity contribution in [3.8, 4) is 11.1 Å². The average Bonchev–Trinajstić information content (AvgIpc) is 2.42. The van der Waals surface area contributed by atoms with E-state index in [0.717, 1.165) is 0 Å². The van der Waals surface area contributed by atoms with Gasteiger partial charge in [0.05, 0.1) is 0 Å². The van der Waals surface area contributed by atoms with E-state index in [0.29, 0.717) is 0 Å². The molecule has 0 saturated carbocycles. The van der Waals surface area contributed by atoms with Gasteiger partial charge in [-0.2, -0.15) is 0 Å². The number of halogens is 1. The second-order valence-corrected chi connectivity index (χ2v) is 5.60. The number of hydrogen-bond donors (Lipinski definition) is 0. The summed E-state index contributed by atoms with van der Waals surface area (Å²) in [7, 11) is 1.20. The molecule has 0 aliphatic heterocycles. The Hall–Kier alpha value is -0.400. The molecule has 0 heterocycles. The molecule has 0 saturated heterocycles. The molecular weight excluding hydrogens is 350 g/mol. The molecule has 0 aliphatic rings. The van der Waals surface area contributed by atoms with Crippen molar-refractivity contribution in [3.05, 3.63) is 60.7 Å². The smallest absolute Gasteiger partial charge is 0.0184 e. The molecule has 0 nitrogen and oxygen atoms in total. The summed E-state index contributed by atoms with van der Waals surface area (Å²) >= 11 is 0. The molecule has 0 fully saturated rings. The van der Waals surface area contributed by atoms with Crippen LogP contribution in [-0.2, 0) is 0 Å². The summed E-state index contributed by atoms with van der Waals surface area (Å²) < 4.78 is 0. The van der Waals surface area contributed by atoms with Crippen molar-refractivity contribution in [2.45, 2.75) is 13.8 Å². The van der Waals surface area contributed by atoms with Gasteiger partial charge in [-0.15, -0.1) is 32.6 Å². The molecule has 2 heteroatoms. The van der Waals surface area contributed by atoms with Gasteiger partial charge in [0.15, 0.2) is 0 Å². The molecule has 2 aromatic carbocycles. The first-order valence-electron chi connectivity index (χ1n) is 6.19. The van der Waals surface area contributed by atoms with Gasteiger partial charge in [0.2, 0.25) is 0 Å². The third-order valence-corrected chi connectivity index (χ3v) is 3.38. The van der Waals surface area contributed by atoms with E-state index in [2.05, 4.69) is 62.4 Å². The van der Waals surface area contributed by atoms with Crippen molar-refractivity contribution in [2.24, 2.45) is 0 Å². The van der Waals surface area contributed by atoms with Crippen LogP contribution in [0.2, 0.25) is 0 Å². The molecule has 0 N–H and O–H groups in total. The molecule has 2 rings (SSSR count). The topological polar surface area (TPSA) is 0 Å². The van der Waals surface area contributed by atoms with Gasteiger partial charge < -0.3 is 0 Å². The molecular formula is C16H22IP. The summed E-state index contributed by atoms with van der Waals surface area (Å²) in [5.74, 6) is 0. The summed E-state index contributed by atoms with van der Waals surface area (Å²) in [6.07, 6.45) is 2.74. The van der Waals surface area contributed by atoms with Crippen molar-refractivity contribution in [1.29, 1.82) is 0 Å². The highest BCUT2D eigenvalue weighted by Gasteiger charge is 1.91. The van der Waals surface area contributed by atoms with Gasteiger partial charge in [-0.1, -0.05) is 74.5 Å². The Kier molecular flexibility index (Phi) is 11.4. The van der Waals surface area contributed by atoms with Crippen molar-refractivity contribution in [2.75, 3.05) is 12.3 Å². The fraction of sp³-hybridized carbons (Fsp3) is 0.250. The maximum Gasteiger partial charge on any atom is -0.0184 e. The van der Waals surface area contributed by atoms with Crippen molar-refractivity contribution < 1.29 is 0 Å². The predicted molar refractivity (Wildman–Crippen MR) is 96.7 cm³/mol. The lowest BCUT2D eigenvalue weighted by Gasteiger charge is -1.98. The van der Waals surface area contributed by atoms with Crippen LogP contribution < -0.4 is 0 Å². The highest BCUT2D eigenvalue weighted by molar-refractivity contribution is 14.0. The van der Waals surface area contributed by atoms with Crippen LogP contribution in [-0.4, -0.2) is 12.3 Å². The van der Waals surface area contributed by atoms with Crippen molar-refractivity contribution in [3.63, 3.8) is 0 Å². The molecule has 0 aliphatic carbocycles. The monoisotopic (exact) mass is 372 g/mol. The van der Waals surface area contributed by atoms with Gasteiger partial charge in [-0.05, 0) is 23.5 Å². The van der Waals surface area contributed by atoms with Crippen molar-refractivity contribution >= 4 is 32.6 Å². The fourth-order valence-electron chi connectivity index (χ4n) is 1.51. The van der Waals surface area contributed by atoms with Gasteiger partial charge in [0.1, 0.15) is 0 Å². The Morgan fingerprint density at radius 3 is 1.22 bits per heavy atom. The van der Waals surface area contributed by atoms with E-state index in [1.807, 2.05) is 12.1 Å². The van der Waals surface area contributed by atoms with Crippen LogP contribution in [0.3, 0.4) is 0 Å². The van der Waals surface area contributed by atoms with Gasteiger partial charge in [0, 0.05) is 0 Å². The fourth-order valence-corrected chi connectivity index (χ4v) is 2.01. The zero-order valence-corrected chi connectivity index (χ0v) is 14.4. The van der Waals surface area contributed by atoms with Gasteiger partial charge in [-0.25, -0.2) is 0 Å². The first-order chi connectivity index (χ1) is 8.38. The van der Waals surface area contributed by atoms with E-state index in [1.165, 1.54) is 32.0 Å². The minimum absolute atomic E-state index is 0. The maximum atomic E-state index is 2.22. The van der Waals surface area contributed by atoms with E-state index >= 15 is 0 Å². The standard InChI is InChI=1S/C12H10.C4H11P.HI/c1-3-7-11(8-4-1)12-9-5-2-6-10-12;1-3-5-4-2;/h1-10H;5H,3-4H2,1-2H3;1H. The second kappa shape index (κ2) is 11.7. The van der Waals surface area contributed by atoms with Crippen LogP contribution in [0.4, 0.5) is 0 Å². The van der Waals surface area contributed by atoms with E-state index < -0.39 is 0 Å². The van der Waals surface area contributed by atoms with Crippen LogP contribution in [0.5, 0.6) is 0 Å². The first kappa shape index (κ1) is 17.6. The molecule has 0 amide bonds. The summed E-state index contributed by atoms with van der Waals surface area (Å²) in [4.78, 5) is 0. The number of hydrogen-bond acceptors (Lipinski definition) is 0. The Balaban J connectivity index is 0.000000421. The molecule has 0 atom stereocenters. The lowest BCUT2D eigenvalue weighted by molar-refractivity contribution is 1.44. The number of rotatable bonds is 3. The molecule has 0 spiro atoms. The molecule has 2 aromatic rings. The summed E-state index contributed by atoms with van der Waals surface area (Å²) in [6.45, 7) is 4.45. The summed E-state index contributed by atoms with van der Waals surface area (Å²) in [5.41, 5.74) is 2.55. The normalized spacial score (nSPS) is 8.78. The Morgan fingerprint density at radius 2 is 1.00 bits per heavy atom. The van der Waals surface area contributed by atoms with Gasteiger partial charge in [0.25, 0.3) is 0 Å². The minimum Gasteiger partial charge on any atom is -0.123 e. The van der Waals surface area contributed by atoms with Crippen LogP contribution in [0.1, 0.15) is 13.8 Å². The van der Waals surface area contributed by atoms with Crippen molar-refractivity contribution in [1.82, 2.24) is 0 Å². The Morgan fingerprint density at radius 1 is 0.667 bits per heavy atom. The molecule has 0 aromatic heterocycles. The molecule has 0 unspecified atom stereocenters. The van der Waals surface area contributed by atoms with Gasteiger partial charge in [-0.3, -0.25) is 0 Å². The van der Waals surface area contributed by atoms with Crippen LogP contribution >= 0.6 is 32.6 Å². The predicted octanol–water partition coefficient (Wildman–Crippen LogP) is 5.68. The average molecular weight is 372 g/mol. The lowest BCUT2D eigenvalue weighted by atomic mass is 10.1. The molecule has 0 radical (unpaired) electrons. The largest absolute Gasteiger partial charge is 0.123 e. The van der Waals surface area contributed by atoms with E-state index in [-0.39, 0.29) is 24.0 Å². The lowest BCUT2D eigenvalue weighted by Crippen LogP contribution is -1.73. The van der Waals surface area contributed by atoms with E-state index in [4.69, 9.17) is 0 Å². The first-order valence-corrected chi connectivity index (χ1v) is 7.61. The van der Waals surface area contributed by atoms with Crippen LogP contribution in [0.25, 0.3) is 11.1 Å². The Labute approximate surface area is 130 Å². The molecule has 0 bridgehead atoms. The third kappa shape index (κ3) is 7.13. The van der Waals surface area contributed by atoms with E-state index in [9.17, 15) is 0 Å². The van der Waals surface area contributed by atoms with Gasteiger partial charge >= 0.3 is 0 Å². The molecule has 18 heavy (non-hydrogen) atoms. The minimum atomic E-state index is 0. The van der Waals surface area contributed by atoms with Crippen LogP contribution in [0, 0.1) is 0 Å². The van der Waals surface area contributed by atoms with E-state index in [1.54, 1.807) is 0 Å². The maximum absolute atomic E-state index is 2.22. The second-order valence-electron chi connectivity index (χ2n) is 3.69. The summed E-state index contributed by atoms with van der Waals surface area (Å²) in [5, 5.41) is 0. The number of benzene rings is 2. The Bertz CT molecular complexity index is 347. The van der Waals surface area contributed by atoms with Crippen LogP contribution in [0.15, 0.2) is 60.7 Å². The third-order valence-electron chi connectivity index (χ3n) is 2.38. The molecule has 98 valence electrons. The quantitative estimate of drug-likeness (QED) is 0.481. The SMILES string of the molecule is CCPCC.I.c1ccc(-c2ccccc2)cc1. The zero-order valence-electron chi connectivity index (χ0n) is 11.1. The highest BCUT2D eigenvalue weighted by atomic mass is 127.